The molecule has 1 aromatic heterocycles. The summed E-state index contributed by atoms with van der Waals surface area (Å²) in [4.78, 5) is 19.7. The number of hydrogen-bond acceptors (Lipinski definition) is 4. The van der Waals surface area contributed by atoms with Crippen molar-refractivity contribution in [3.63, 3.8) is 0 Å². The van der Waals surface area contributed by atoms with Crippen LogP contribution in [-0.2, 0) is 6.54 Å². The maximum Gasteiger partial charge on any atom is 0.318 e. The molecule has 170 valence electrons. The van der Waals surface area contributed by atoms with Crippen LogP contribution in [0.5, 0.6) is 0 Å². The summed E-state index contributed by atoms with van der Waals surface area (Å²) in [7, 11) is 2.16. The van der Waals surface area contributed by atoms with Crippen LogP contribution < -0.4 is 10.2 Å². The van der Waals surface area contributed by atoms with Gasteiger partial charge in [-0.25, -0.2) is 9.48 Å². The van der Waals surface area contributed by atoms with E-state index in [1.165, 1.54) is 0 Å². The Balaban J connectivity index is 2.00. The van der Waals surface area contributed by atoms with E-state index in [0.29, 0.717) is 13.1 Å². The van der Waals surface area contributed by atoms with Crippen LogP contribution in [0.2, 0.25) is 0 Å². The Morgan fingerprint density at radius 1 is 1.13 bits per heavy atom. The molecule has 0 aliphatic carbocycles. The number of nitrogens with zero attached hydrogens (tertiary/aromatic N) is 5. The summed E-state index contributed by atoms with van der Waals surface area (Å²) in [6.07, 6.45) is 0.910. The zero-order valence-corrected chi connectivity index (χ0v) is 20.0. The lowest BCUT2D eigenvalue weighted by atomic mass is 10.1. The number of urea groups is 1. The minimum atomic E-state index is -0.271. The molecule has 7 nitrogen and oxygen atoms in total. The van der Waals surface area contributed by atoms with E-state index in [4.69, 9.17) is 5.10 Å². The molecule has 0 saturated carbocycles. The van der Waals surface area contributed by atoms with Gasteiger partial charge < -0.3 is 20.0 Å². The van der Waals surface area contributed by atoms with E-state index in [2.05, 4.69) is 52.8 Å². The van der Waals surface area contributed by atoms with Crippen molar-refractivity contribution in [2.24, 2.45) is 0 Å². The predicted octanol–water partition coefficient (Wildman–Crippen LogP) is 3.65. The second-order valence-electron chi connectivity index (χ2n) is 9.53. The third-order valence-corrected chi connectivity index (χ3v) is 5.57. The van der Waals surface area contributed by atoms with Gasteiger partial charge in [-0.05, 0) is 53.3 Å². The number of benzene rings is 1. The zero-order chi connectivity index (χ0) is 22.6. The number of amides is 2. The molecular formula is C24H38N6O. The number of para-hydroxylation sites is 1. The summed E-state index contributed by atoms with van der Waals surface area (Å²) in [5.41, 5.74) is 2.88. The lowest BCUT2D eigenvalue weighted by Crippen LogP contribution is -2.49. The standard InChI is InChI=1S/C24H38N6O/c1-7-13-29(23(31)25-24(3,4)5)18-21-19(2)26-30(20-11-9-8-10-12-20)22(21)28-16-14-27(6)15-17-28/h8-12H,7,13-18H2,1-6H3,(H,25,31). The van der Waals surface area contributed by atoms with Crippen molar-refractivity contribution in [3.8, 4) is 5.69 Å². The Morgan fingerprint density at radius 3 is 2.35 bits per heavy atom. The number of carbonyl (C=O) groups is 1. The Morgan fingerprint density at radius 2 is 1.77 bits per heavy atom. The molecular weight excluding hydrogens is 388 g/mol. The number of carbonyl (C=O) groups excluding carboxylic acids is 1. The number of aryl methyl sites for hydroxylation is 1. The van der Waals surface area contributed by atoms with Crippen LogP contribution in [0.1, 0.15) is 45.4 Å². The lowest BCUT2D eigenvalue weighted by molar-refractivity contribution is 0.186. The van der Waals surface area contributed by atoms with Crippen molar-refractivity contribution in [1.82, 2.24) is 24.9 Å². The van der Waals surface area contributed by atoms with Crippen LogP contribution in [-0.4, -0.2) is 70.9 Å². The molecule has 1 aliphatic heterocycles. The maximum atomic E-state index is 13.0. The Hall–Kier alpha value is -2.54. The van der Waals surface area contributed by atoms with Crippen molar-refractivity contribution in [2.45, 2.75) is 53.1 Å². The van der Waals surface area contributed by atoms with Gasteiger partial charge in [0.25, 0.3) is 0 Å². The summed E-state index contributed by atoms with van der Waals surface area (Å²) < 4.78 is 2.06. The van der Waals surface area contributed by atoms with Gasteiger partial charge in [0.15, 0.2) is 0 Å². The average molecular weight is 427 g/mol. The second kappa shape index (κ2) is 9.73. The van der Waals surface area contributed by atoms with Crippen molar-refractivity contribution in [1.29, 1.82) is 0 Å². The first-order valence-corrected chi connectivity index (χ1v) is 11.3. The van der Waals surface area contributed by atoms with E-state index in [-0.39, 0.29) is 11.6 Å². The molecule has 0 radical (unpaired) electrons. The fourth-order valence-corrected chi connectivity index (χ4v) is 3.94. The SMILES string of the molecule is CCCN(Cc1c(C)nn(-c2ccccc2)c1N1CCN(C)CC1)C(=O)NC(C)(C)C. The highest BCUT2D eigenvalue weighted by atomic mass is 16.2. The number of piperazine rings is 1. The van der Waals surface area contributed by atoms with Gasteiger partial charge in [-0.2, -0.15) is 5.10 Å². The number of nitrogens with one attached hydrogen (secondary N) is 1. The van der Waals surface area contributed by atoms with Crippen LogP contribution >= 0.6 is 0 Å². The molecule has 1 aromatic carbocycles. The number of aromatic nitrogens is 2. The van der Waals surface area contributed by atoms with Crippen molar-refractivity contribution < 1.29 is 4.79 Å². The molecule has 2 heterocycles. The number of likely N-dealkylation sites (N-methyl/N-ethyl adjacent to an activating group) is 1. The number of hydrogen-bond donors (Lipinski definition) is 1. The minimum absolute atomic E-state index is 0.0226. The normalized spacial score (nSPS) is 15.2. The third kappa shape index (κ3) is 5.79. The minimum Gasteiger partial charge on any atom is -0.354 e. The molecule has 0 unspecified atom stereocenters. The highest BCUT2D eigenvalue weighted by molar-refractivity contribution is 5.75. The molecule has 1 N–H and O–H groups in total. The fourth-order valence-electron chi connectivity index (χ4n) is 3.94. The highest BCUT2D eigenvalue weighted by Gasteiger charge is 2.27. The van der Waals surface area contributed by atoms with Gasteiger partial charge in [0.2, 0.25) is 0 Å². The van der Waals surface area contributed by atoms with Crippen LogP contribution in [0.4, 0.5) is 10.6 Å². The van der Waals surface area contributed by atoms with Gasteiger partial charge in [0, 0.05) is 43.8 Å². The third-order valence-electron chi connectivity index (χ3n) is 5.57. The first-order chi connectivity index (χ1) is 14.7. The Kier molecular flexibility index (Phi) is 7.26. The molecule has 1 aliphatic rings. The van der Waals surface area contributed by atoms with E-state index in [0.717, 1.165) is 55.4 Å². The Bertz CT molecular complexity index is 862. The summed E-state index contributed by atoms with van der Waals surface area (Å²) in [6.45, 7) is 15.4. The summed E-state index contributed by atoms with van der Waals surface area (Å²) in [5, 5.41) is 8.05. The van der Waals surface area contributed by atoms with Gasteiger partial charge in [0.1, 0.15) is 5.82 Å². The molecule has 0 atom stereocenters. The van der Waals surface area contributed by atoms with Crippen LogP contribution in [0, 0.1) is 6.92 Å². The summed E-state index contributed by atoms with van der Waals surface area (Å²) in [6, 6.07) is 10.3. The second-order valence-corrected chi connectivity index (χ2v) is 9.53. The molecule has 0 spiro atoms. The monoisotopic (exact) mass is 426 g/mol. The zero-order valence-electron chi connectivity index (χ0n) is 20.0. The van der Waals surface area contributed by atoms with E-state index < -0.39 is 0 Å². The first-order valence-electron chi connectivity index (χ1n) is 11.3. The van der Waals surface area contributed by atoms with E-state index in [1.807, 2.05) is 43.9 Å². The predicted molar refractivity (Wildman–Crippen MR) is 127 cm³/mol. The van der Waals surface area contributed by atoms with Gasteiger partial charge in [-0.3, -0.25) is 0 Å². The molecule has 2 amide bonds. The molecule has 0 bridgehead atoms. The van der Waals surface area contributed by atoms with Crippen LogP contribution in [0.15, 0.2) is 30.3 Å². The Labute approximate surface area is 187 Å². The smallest absolute Gasteiger partial charge is 0.318 e. The van der Waals surface area contributed by atoms with Gasteiger partial charge in [-0.1, -0.05) is 25.1 Å². The molecule has 1 saturated heterocycles. The molecule has 2 aromatic rings. The van der Waals surface area contributed by atoms with Crippen molar-refractivity contribution >= 4 is 11.8 Å². The van der Waals surface area contributed by atoms with Crippen LogP contribution in [0.3, 0.4) is 0 Å². The number of rotatable bonds is 6. The molecule has 31 heavy (non-hydrogen) atoms. The fraction of sp³-hybridized carbons (Fsp3) is 0.583. The van der Waals surface area contributed by atoms with Crippen molar-refractivity contribution in [2.75, 3.05) is 44.7 Å². The molecule has 3 rings (SSSR count). The highest BCUT2D eigenvalue weighted by Crippen LogP contribution is 2.29. The topological polar surface area (TPSA) is 56.6 Å². The first kappa shape index (κ1) is 23.1. The number of anilines is 1. The summed E-state index contributed by atoms with van der Waals surface area (Å²) in [5.74, 6) is 1.11. The quantitative estimate of drug-likeness (QED) is 0.766. The molecule has 1 fully saturated rings. The molecule has 7 heteroatoms. The van der Waals surface area contributed by atoms with Gasteiger partial charge >= 0.3 is 6.03 Å². The maximum absolute atomic E-state index is 13.0. The lowest BCUT2D eigenvalue weighted by Gasteiger charge is -2.35. The largest absolute Gasteiger partial charge is 0.354 e. The summed E-state index contributed by atoms with van der Waals surface area (Å²) >= 11 is 0. The van der Waals surface area contributed by atoms with E-state index in [1.54, 1.807) is 0 Å². The van der Waals surface area contributed by atoms with Gasteiger partial charge in [-0.15, -0.1) is 0 Å². The van der Waals surface area contributed by atoms with Gasteiger partial charge in [0.05, 0.1) is 17.9 Å². The van der Waals surface area contributed by atoms with Crippen molar-refractivity contribution in [3.05, 3.63) is 41.6 Å². The average Bonchev–Trinajstić information content (AvgIpc) is 3.04. The van der Waals surface area contributed by atoms with E-state index >= 15 is 0 Å². The van der Waals surface area contributed by atoms with E-state index in [9.17, 15) is 4.79 Å². The van der Waals surface area contributed by atoms with Crippen LogP contribution in [0.25, 0.3) is 5.69 Å².